The molecule has 0 aromatic carbocycles. The van der Waals surface area contributed by atoms with Gasteiger partial charge in [-0.15, -0.1) is 11.8 Å². The van der Waals surface area contributed by atoms with Crippen LogP contribution in [-0.2, 0) is 28.7 Å². The van der Waals surface area contributed by atoms with Gasteiger partial charge < -0.3 is 9.47 Å². The predicted octanol–water partition coefficient (Wildman–Crippen LogP) is 1.69. The number of rotatable bonds is 3. The maximum Gasteiger partial charge on any atom is 0.319 e. The van der Waals surface area contributed by atoms with Gasteiger partial charge in [0.25, 0.3) is 0 Å². The van der Waals surface area contributed by atoms with Crippen molar-refractivity contribution in [1.29, 1.82) is 0 Å². The van der Waals surface area contributed by atoms with Crippen molar-refractivity contribution in [2.45, 2.75) is 56.8 Å². The van der Waals surface area contributed by atoms with Crippen LogP contribution >= 0.6 is 11.8 Å². The Bertz CT molecular complexity index is 434. The predicted molar refractivity (Wildman–Crippen MR) is 81.5 cm³/mol. The van der Waals surface area contributed by atoms with Crippen LogP contribution in [0.25, 0.3) is 0 Å². The van der Waals surface area contributed by atoms with Crippen LogP contribution in [0.1, 0.15) is 45.4 Å². The van der Waals surface area contributed by atoms with Gasteiger partial charge in [-0.3, -0.25) is 19.2 Å². The van der Waals surface area contributed by atoms with Gasteiger partial charge in [-0.05, 0) is 26.2 Å². The number of carbonyl (C=O) groups excluding carboxylic acids is 4. The van der Waals surface area contributed by atoms with E-state index in [-0.39, 0.29) is 24.7 Å². The SMILES string of the molecule is COC(=O)CS[C@H]1CC(=O)C(=O)CCCCC[C@@H](C)OC1=O. The zero-order chi connectivity index (χ0) is 16.5. The molecular formula is C15H22O6S. The zero-order valence-corrected chi connectivity index (χ0v) is 13.8. The Morgan fingerprint density at radius 3 is 2.64 bits per heavy atom. The molecule has 6 nitrogen and oxygen atoms in total. The number of hydrogen-bond donors (Lipinski definition) is 0. The van der Waals surface area contributed by atoms with Crippen molar-refractivity contribution < 1.29 is 28.7 Å². The lowest BCUT2D eigenvalue weighted by Crippen LogP contribution is -2.30. The van der Waals surface area contributed by atoms with E-state index in [9.17, 15) is 19.2 Å². The lowest BCUT2D eigenvalue weighted by Gasteiger charge is -2.19. The summed E-state index contributed by atoms with van der Waals surface area (Å²) in [4.78, 5) is 47.0. The van der Waals surface area contributed by atoms with Gasteiger partial charge in [0, 0.05) is 12.8 Å². The van der Waals surface area contributed by atoms with E-state index < -0.39 is 28.8 Å². The minimum atomic E-state index is -0.850. The van der Waals surface area contributed by atoms with E-state index in [4.69, 9.17) is 4.74 Å². The summed E-state index contributed by atoms with van der Waals surface area (Å²) in [5.41, 5.74) is 0. The molecule has 7 heteroatoms. The highest BCUT2D eigenvalue weighted by molar-refractivity contribution is 8.01. The summed E-state index contributed by atoms with van der Waals surface area (Å²) < 4.78 is 9.83. The summed E-state index contributed by atoms with van der Waals surface area (Å²) in [5.74, 6) is -2.14. The van der Waals surface area contributed by atoms with Gasteiger partial charge in [-0.25, -0.2) is 0 Å². The maximum atomic E-state index is 12.1. The van der Waals surface area contributed by atoms with E-state index in [0.717, 1.165) is 31.0 Å². The minimum absolute atomic E-state index is 0.0634. The Kier molecular flexibility index (Phi) is 8.16. The fourth-order valence-corrected chi connectivity index (χ4v) is 3.00. The number of methoxy groups -OCH3 is 1. The van der Waals surface area contributed by atoms with Crippen molar-refractivity contribution >= 4 is 35.3 Å². The molecule has 1 aliphatic rings. The number of ether oxygens (including phenoxy) is 2. The largest absolute Gasteiger partial charge is 0.468 e. The second-order valence-electron chi connectivity index (χ2n) is 5.27. The van der Waals surface area contributed by atoms with Crippen LogP contribution in [0.15, 0.2) is 0 Å². The number of Topliss-reactive ketones (excluding diaryl/α,β-unsaturated/α-hetero) is 2. The molecule has 0 radical (unpaired) electrons. The molecule has 0 bridgehead atoms. The smallest absolute Gasteiger partial charge is 0.319 e. The van der Waals surface area contributed by atoms with Crippen molar-refractivity contribution in [3.05, 3.63) is 0 Å². The molecule has 1 rings (SSSR count). The Morgan fingerprint density at radius 2 is 1.95 bits per heavy atom. The Labute approximate surface area is 134 Å². The van der Waals surface area contributed by atoms with Crippen molar-refractivity contribution in [2.75, 3.05) is 12.9 Å². The van der Waals surface area contributed by atoms with E-state index >= 15 is 0 Å². The third-order valence-electron chi connectivity index (χ3n) is 3.41. The van der Waals surface area contributed by atoms with Crippen LogP contribution in [-0.4, -0.2) is 47.7 Å². The monoisotopic (exact) mass is 330 g/mol. The van der Waals surface area contributed by atoms with E-state index in [0.29, 0.717) is 6.42 Å². The van der Waals surface area contributed by atoms with E-state index in [1.54, 1.807) is 6.92 Å². The third kappa shape index (κ3) is 6.60. The van der Waals surface area contributed by atoms with Crippen molar-refractivity contribution in [1.82, 2.24) is 0 Å². The maximum absolute atomic E-state index is 12.1. The number of hydrogen-bond acceptors (Lipinski definition) is 7. The average Bonchev–Trinajstić information content (AvgIpc) is 2.48. The molecule has 0 N–H and O–H groups in total. The van der Waals surface area contributed by atoms with Crippen molar-refractivity contribution in [3.8, 4) is 0 Å². The minimum Gasteiger partial charge on any atom is -0.468 e. The van der Waals surface area contributed by atoms with E-state index in [1.807, 2.05) is 0 Å². The number of cyclic esters (lactones) is 1. The molecular weight excluding hydrogens is 308 g/mol. The normalized spacial score (nSPS) is 24.9. The molecule has 0 amide bonds. The molecule has 0 unspecified atom stereocenters. The summed E-state index contributed by atoms with van der Waals surface area (Å²) >= 11 is 0.975. The first kappa shape index (κ1) is 18.7. The molecule has 2 atom stereocenters. The molecule has 1 aliphatic heterocycles. The topological polar surface area (TPSA) is 86.7 Å². The molecule has 0 aliphatic carbocycles. The standard InChI is InChI=1S/C15H22O6S/c1-10-6-4-3-5-7-11(16)12(17)8-13(15(19)21-10)22-9-14(18)20-2/h10,13H,3-9H2,1-2H3/t10-,13+/m1/s1. The summed E-state index contributed by atoms with van der Waals surface area (Å²) in [6.45, 7) is 1.80. The highest BCUT2D eigenvalue weighted by Crippen LogP contribution is 2.21. The van der Waals surface area contributed by atoms with Crippen LogP contribution < -0.4 is 0 Å². The molecule has 0 spiro atoms. The highest BCUT2D eigenvalue weighted by atomic mass is 32.2. The quantitative estimate of drug-likeness (QED) is 0.575. The summed E-state index contributed by atoms with van der Waals surface area (Å²) in [6, 6.07) is 0. The molecule has 1 heterocycles. The Hall–Kier alpha value is -1.37. The molecule has 1 fully saturated rings. The average molecular weight is 330 g/mol. The number of ketones is 2. The molecule has 124 valence electrons. The summed E-state index contributed by atoms with van der Waals surface area (Å²) in [5, 5.41) is -0.850. The summed E-state index contributed by atoms with van der Waals surface area (Å²) in [6.07, 6.45) is 2.83. The first-order valence-corrected chi connectivity index (χ1v) is 8.44. The van der Waals surface area contributed by atoms with Crippen LogP contribution in [0, 0.1) is 0 Å². The van der Waals surface area contributed by atoms with Gasteiger partial charge in [0.2, 0.25) is 0 Å². The fraction of sp³-hybridized carbons (Fsp3) is 0.733. The second-order valence-corrected chi connectivity index (χ2v) is 6.46. The lowest BCUT2D eigenvalue weighted by atomic mass is 10.0. The van der Waals surface area contributed by atoms with Crippen LogP contribution in [0.4, 0.5) is 0 Å². The van der Waals surface area contributed by atoms with Gasteiger partial charge >= 0.3 is 11.9 Å². The van der Waals surface area contributed by atoms with Gasteiger partial charge in [-0.2, -0.15) is 0 Å². The first-order valence-electron chi connectivity index (χ1n) is 7.39. The van der Waals surface area contributed by atoms with Crippen LogP contribution in [0.2, 0.25) is 0 Å². The van der Waals surface area contributed by atoms with Gasteiger partial charge in [0.15, 0.2) is 11.6 Å². The fourth-order valence-electron chi connectivity index (χ4n) is 2.09. The highest BCUT2D eigenvalue weighted by Gasteiger charge is 2.29. The lowest BCUT2D eigenvalue weighted by molar-refractivity contribution is -0.149. The van der Waals surface area contributed by atoms with Crippen LogP contribution in [0.3, 0.4) is 0 Å². The molecule has 0 saturated carbocycles. The number of thioether (sulfide) groups is 1. The van der Waals surface area contributed by atoms with Crippen molar-refractivity contribution in [2.24, 2.45) is 0 Å². The van der Waals surface area contributed by atoms with Crippen LogP contribution in [0.5, 0.6) is 0 Å². The van der Waals surface area contributed by atoms with Gasteiger partial charge in [-0.1, -0.05) is 6.42 Å². The Balaban J connectivity index is 2.75. The first-order chi connectivity index (χ1) is 10.4. The third-order valence-corrected chi connectivity index (χ3v) is 4.57. The second kappa shape index (κ2) is 9.61. The molecule has 22 heavy (non-hydrogen) atoms. The number of esters is 2. The zero-order valence-electron chi connectivity index (χ0n) is 13.0. The Morgan fingerprint density at radius 1 is 1.23 bits per heavy atom. The van der Waals surface area contributed by atoms with E-state index in [2.05, 4.69) is 4.74 Å². The van der Waals surface area contributed by atoms with Gasteiger partial charge in [0.05, 0.1) is 19.0 Å². The molecule has 1 saturated heterocycles. The number of carbonyl (C=O) groups is 4. The van der Waals surface area contributed by atoms with Crippen molar-refractivity contribution in [3.63, 3.8) is 0 Å². The molecule has 0 aromatic rings. The molecule has 0 aromatic heterocycles. The summed E-state index contributed by atoms with van der Waals surface area (Å²) in [7, 11) is 1.25. The van der Waals surface area contributed by atoms with E-state index in [1.165, 1.54) is 7.11 Å². The van der Waals surface area contributed by atoms with Gasteiger partial charge in [0.1, 0.15) is 5.25 Å².